The lowest BCUT2D eigenvalue weighted by atomic mass is 10.4. The zero-order chi connectivity index (χ0) is 13.8. The Bertz CT molecular complexity index is 458. The van der Waals surface area contributed by atoms with Crippen LogP contribution in [0.5, 0.6) is 0 Å². The van der Waals surface area contributed by atoms with E-state index in [0.29, 0.717) is 11.9 Å². The Labute approximate surface area is 112 Å². The summed E-state index contributed by atoms with van der Waals surface area (Å²) in [6.45, 7) is 2.05. The molecule has 1 saturated heterocycles. The van der Waals surface area contributed by atoms with Crippen LogP contribution in [0.2, 0.25) is 0 Å². The number of aromatic nitrogens is 3. The molecule has 8 nitrogen and oxygen atoms in total. The molecule has 1 aromatic heterocycles. The predicted molar refractivity (Wildman–Crippen MR) is 73.0 cm³/mol. The summed E-state index contributed by atoms with van der Waals surface area (Å²) in [6.07, 6.45) is 2.27. The fourth-order valence-corrected chi connectivity index (χ4v) is 1.96. The molecule has 2 heterocycles. The van der Waals surface area contributed by atoms with Crippen molar-refractivity contribution in [2.45, 2.75) is 12.8 Å². The number of rotatable bonds is 4. The van der Waals surface area contributed by atoms with Gasteiger partial charge < -0.3 is 20.9 Å². The number of nitrogens with zero attached hydrogens (tertiary/aromatic N) is 5. The molecular weight excluding hydrogens is 246 g/mol. The summed E-state index contributed by atoms with van der Waals surface area (Å²) in [5, 5.41) is 2.56. The molecule has 0 radical (unpaired) electrons. The second-order valence-corrected chi connectivity index (χ2v) is 4.52. The molecule has 0 unspecified atom stereocenters. The highest BCUT2D eigenvalue weighted by atomic mass is 16.1. The van der Waals surface area contributed by atoms with Crippen molar-refractivity contribution >= 4 is 23.8 Å². The van der Waals surface area contributed by atoms with Crippen molar-refractivity contribution in [3.8, 4) is 0 Å². The number of amides is 1. The summed E-state index contributed by atoms with van der Waals surface area (Å²) < 4.78 is 0. The molecule has 3 N–H and O–H groups in total. The van der Waals surface area contributed by atoms with Gasteiger partial charge in [-0.3, -0.25) is 4.79 Å². The lowest BCUT2D eigenvalue weighted by Gasteiger charge is -2.20. The van der Waals surface area contributed by atoms with Gasteiger partial charge in [0.25, 0.3) is 0 Å². The quantitative estimate of drug-likeness (QED) is 0.737. The van der Waals surface area contributed by atoms with E-state index in [1.54, 1.807) is 19.0 Å². The number of anilines is 3. The summed E-state index contributed by atoms with van der Waals surface area (Å²) in [6, 6.07) is 0. The van der Waals surface area contributed by atoms with Crippen LogP contribution in [0.3, 0.4) is 0 Å². The van der Waals surface area contributed by atoms with Crippen molar-refractivity contribution < 1.29 is 4.79 Å². The highest BCUT2D eigenvalue weighted by molar-refractivity contribution is 5.80. The van der Waals surface area contributed by atoms with Gasteiger partial charge in [0.05, 0.1) is 6.54 Å². The minimum Gasteiger partial charge on any atom is -0.368 e. The minimum absolute atomic E-state index is 0.107. The third kappa shape index (κ3) is 3.21. The van der Waals surface area contributed by atoms with Gasteiger partial charge in [0.2, 0.25) is 23.8 Å². The monoisotopic (exact) mass is 265 g/mol. The SMILES string of the molecule is CNC(=O)CN(C)c1nc(N)nc(N2CCCC2)n1. The van der Waals surface area contributed by atoms with E-state index in [2.05, 4.69) is 25.2 Å². The highest BCUT2D eigenvalue weighted by Gasteiger charge is 2.18. The van der Waals surface area contributed by atoms with E-state index in [1.165, 1.54) is 0 Å². The van der Waals surface area contributed by atoms with Gasteiger partial charge in [0.1, 0.15) is 0 Å². The van der Waals surface area contributed by atoms with E-state index in [1.807, 2.05) is 0 Å². The average Bonchev–Trinajstić information content (AvgIpc) is 2.91. The average molecular weight is 265 g/mol. The number of carbonyl (C=O) groups is 1. The first-order valence-electron chi connectivity index (χ1n) is 6.28. The molecule has 1 aromatic rings. The van der Waals surface area contributed by atoms with Gasteiger partial charge in [0, 0.05) is 27.2 Å². The lowest BCUT2D eigenvalue weighted by molar-refractivity contribution is -0.119. The summed E-state index contributed by atoms with van der Waals surface area (Å²) in [5.74, 6) is 1.07. The summed E-state index contributed by atoms with van der Waals surface area (Å²) in [4.78, 5) is 27.7. The number of nitrogens with two attached hydrogens (primary N) is 1. The number of likely N-dealkylation sites (N-methyl/N-ethyl adjacent to an activating group) is 2. The molecule has 1 amide bonds. The first kappa shape index (κ1) is 13.3. The van der Waals surface area contributed by atoms with Crippen molar-refractivity contribution in [2.75, 3.05) is 49.3 Å². The van der Waals surface area contributed by atoms with Gasteiger partial charge in [0.15, 0.2) is 0 Å². The summed E-state index contributed by atoms with van der Waals surface area (Å²) in [7, 11) is 3.34. The van der Waals surface area contributed by atoms with Crippen LogP contribution in [0, 0.1) is 0 Å². The van der Waals surface area contributed by atoms with Gasteiger partial charge in [-0.05, 0) is 12.8 Å². The predicted octanol–water partition coefficient (Wildman–Crippen LogP) is -0.764. The third-order valence-electron chi connectivity index (χ3n) is 3.02. The van der Waals surface area contributed by atoms with Crippen molar-refractivity contribution in [1.29, 1.82) is 0 Å². The molecule has 8 heteroatoms. The van der Waals surface area contributed by atoms with Crippen molar-refractivity contribution in [3.63, 3.8) is 0 Å². The molecule has 104 valence electrons. The fraction of sp³-hybridized carbons (Fsp3) is 0.636. The normalized spacial score (nSPS) is 14.5. The lowest BCUT2D eigenvalue weighted by Crippen LogP contribution is -2.34. The Morgan fingerprint density at radius 2 is 2.05 bits per heavy atom. The topological polar surface area (TPSA) is 100 Å². The second kappa shape index (κ2) is 5.68. The van der Waals surface area contributed by atoms with Crippen LogP contribution in [0.25, 0.3) is 0 Å². The van der Waals surface area contributed by atoms with Gasteiger partial charge in [-0.2, -0.15) is 15.0 Å². The molecule has 0 bridgehead atoms. The van der Waals surface area contributed by atoms with Gasteiger partial charge in [-0.25, -0.2) is 0 Å². The van der Waals surface area contributed by atoms with Crippen molar-refractivity contribution in [2.24, 2.45) is 0 Å². The van der Waals surface area contributed by atoms with E-state index < -0.39 is 0 Å². The van der Waals surface area contributed by atoms with E-state index in [4.69, 9.17) is 5.73 Å². The molecule has 0 atom stereocenters. The number of hydrogen-bond donors (Lipinski definition) is 2. The number of nitrogens with one attached hydrogen (secondary N) is 1. The first-order chi connectivity index (χ1) is 9.10. The van der Waals surface area contributed by atoms with Gasteiger partial charge >= 0.3 is 0 Å². The Morgan fingerprint density at radius 3 is 2.68 bits per heavy atom. The first-order valence-corrected chi connectivity index (χ1v) is 6.28. The molecule has 1 aliphatic heterocycles. The molecule has 19 heavy (non-hydrogen) atoms. The van der Waals surface area contributed by atoms with E-state index >= 15 is 0 Å². The smallest absolute Gasteiger partial charge is 0.239 e. The maximum absolute atomic E-state index is 11.4. The van der Waals surface area contributed by atoms with Crippen LogP contribution in [-0.2, 0) is 4.79 Å². The zero-order valence-electron chi connectivity index (χ0n) is 11.3. The Kier molecular flexibility index (Phi) is 3.98. The molecule has 1 fully saturated rings. The highest BCUT2D eigenvalue weighted by Crippen LogP contribution is 2.18. The van der Waals surface area contributed by atoms with E-state index in [0.717, 1.165) is 25.9 Å². The number of nitrogen functional groups attached to an aromatic ring is 1. The van der Waals surface area contributed by atoms with Crippen molar-refractivity contribution in [3.05, 3.63) is 0 Å². The Hall–Kier alpha value is -2.12. The maximum Gasteiger partial charge on any atom is 0.239 e. The largest absolute Gasteiger partial charge is 0.368 e. The molecule has 0 spiro atoms. The van der Waals surface area contributed by atoms with Crippen LogP contribution in [0.4, 0.5) is 17.8 Å². The van der Waals surface area contributed by atoms with Gasteiger partial charge in [-0.1, -0.05) is 0 Å². The zero-order valence-corrected chi connectivity index (χ0v) is 11.3. The van der Waals surface area contributed by atoms with E-state index in [9.17, 15) is 4.79 Å². The maximum atomic E-state index is 11.4. The van der Waals surface area contributed by atoms with Crippen LogP contribution in [0.1, 0.15) is 12.8 Å². The third-order valence-corrected chi connectivity index (χ3v) is 3.02. The van der Waals surface area contributed by atoms with E-state index in [-0.39, 0.29) is 18.4 Å². The molecule has 2 rings (SSSR count). The minimum atomic E-state index is -0.107. The van der Waals surface area contributed by atoms with Crippen LogP contribution < -0.4 is 20.9 Å². The van der Waals surface area contributed by atoms with Crippen LogP contribution >= 0.6 is 0 Å². The van der Waals surface area contributed by atoms with Crippen molar-refractivity contribution in [1.82, 2.24) is 20.3 Å². The van der Waals surface area contributed by atoms with Gasteiger partial charge in [-0.15, -0.1) is 0 Å². The number of carbonyl (C=O) groups excluding carboxylic acids is 1. The Morgan fingerprint density at radius 1 is 1.37 bits per heavy atom. The summed E-state index contributed by atoms with van der Waals surface area (Å²) >= 11 is 0. The molecule has 0 aliphatic carbocycles. The molecule has 0 aromatic carbocycles. The molecular formula is C11H19N7O. The number of hydrogen-bond acceptors (Lipinski definition) is 7. The Balaban J connectivity index is 2.18. The second-order valence-electron chi connectivity index (χ2n) is 4.52. The molecule has 1 aliphatic rings. The fourth-order valence-electron chi connectivity index (χ4n) is 1.96. The standard InChI is InChI=1S/C11H19N7O/c1-13-8(19)7-17(2)10-14-9(12)15-11(16-10)18-5-3-4-6-18/h3-7H2,1-2H3,(H,13,19)(H2,12,14,15,16). The van der Waals surface area contributed by atoms with Crippen LogP contribution in [0.15, 0.2) is 0 Å². The molecule has 0 saturated carbocycles. The van der Waals surface area contributed by atoms with Crippen LogP contribution in [-0.4, -0.2) is 54.6 Å². The summed E-state index contributed by atoms with van der Waals surface area (Å²) in [5.41, 5.74) is 5.71.